The standard InChI is InChI=1S/C18H23N/c1-3-4-8-16-11-13-18(14-12-16)19-15(2)17-9-6-5-7-10-17/h5-7,9-15,19H,3-4,8H2,1-2H3. The van der Waals surface area contributed by atoms with E-state index in [0.717, 1.165) is 0 Å². The third kappa shape index (κ3) is 4.13. The summed E-state index contributed by atoms with van der Waals surface area (Å²) >= 11 is 0. The minimum absolute atomic E-state index is 0.336. The zero-order chi connectivity index (χ0) is 13.5. The fraction of sp³-hybridized carbons (Fsp3) is 0.333. The molecule has 1 atom stereocenters. The largest absolute Gasteiger partial charge is 0.379 e. The molecule has 100 valence electrons. The van der Waals surface area contributed by atoms with Gasteiger partial charge in [-0.15, -0.1) is 0 Å². The van der Waals surface area contributed by atoms with E-state index in [0.29, 0.717) is 6.04 Å². The Bertz CT molecular complexity index is 473. The molecular weight excluding hydrogens is 230 g/mol. The summed E-state index contributed by atoms with van der Waals surface area (Å²) in [6.45, 7) is 4.43. The zero-order valence-corrected chi connectivity index (χ0v) is 11.9. The van der Waals surface area contributed by atoms with Crippen LogP contribution < -0.4 is 5.32 Å². The van der Waals surface area contributed by atoms with Crippen LogP contribution in [0.2, 0.25) is 0 Å². The van der Waals surface area contributed by atoms with Crippen LogP contribution in [0.1, 0.15) is 43.9 Å². The zero-order valence-electron chi connectivity index (χ0n) is 11.9. The molecule has 0 aromatic heterocycles. The maximum absolute atomic E-state index is 3.54. The summed E-state index contributed by atoms with van der Waals surface area (Å²) in [5.74, 6) is 0. The van der Waals surface area contributed by atoms with Crippen LogP contribution in [0.3, 0.4) is 0 Å². The third-order valence-corrected chi connectivity index (χ3v) is 3.46. The minimum atomic E-state index is 0.336. The van der Waals surface area contributed by atoms with Crippen molar-refractivity contribution < 1.29 is 0 Å². The molecule has 0 saturated carbocycles. The van der Waals surface area contributed by atoms with Gasteiger partial charge in [-0.05, 0) is 43.0 Å². The molecule has 0 bridgehead atoms. The van der Waals surface area contributed by atoms with Gasteiger partial charge in [-0.3, -0.25) is 0 Å². The van der Waals surface area contributed by atoms with E-state index < -0.39 is 0 Å². The molecule has 1 N–H and O–H groups in total. The van der Waals surface area contributed by atoms with Gasteiger partial charge in [0, 0.05) is 11.7 Å². The number of hydrogen-bond donors (Lipinski definition) is 1. The van der Waals surface area contributed by atoms with E-state index in [2.05, 4.69) is 73.8 Å². The van der Waals surface area contributed by atoms with Crippen molar-refractivity contribution in [3.63, 3.8) is 0 Å². The van der Waals surface area contributed by atoms with Crippen LogP contribution in [-0.4, -0.2) is 0 Å². The Hall–Kier alpha value is -1.76. The van der Waals surface area contributed by atoms with Crippen LogP contribution in [0.4, 0.5) is 5.69 Å². The smallest absolute Gasteiger partial charge is 0.0485 e. The summed E-state index contributed by atoms with van der Waals surface area (Å²) in [5.41, 5.74) is 3.94. The number of benzene rings is 2. The monoisotopic (exact) mass is 253 g/mol. The molecular formula is C18H23N. The number of hydrogen-bond acceptors (Lipinski definition) is 1. The van der Waals surface area contributed by atoms with Gasteiger partial charge in [-0.25, -0.2) is 0 Å². The molecule has 0 amide bonds. The summed E-state index contributed by atoms with van der Waals surface area (Å²) < 4.78 is 0. The van der Waals surface area contributed by atoms with E-state index in [-0.39, 0.29) is 0 Å². The molecule has 0 fully saturated rings. The Labute approximate surface area is 116 Å². The molecule has 2 rings (SSSR count). The van der Waals surface area contributed by atoms with Crippen molar-refractivity contribution in [3.8, 4) is 0 Å². The van der Waals surface area contributed by atoms with E-state index in [1.807, 2.05) is 0 Å². The SMILES string of the molecule is CCCCc1ccc(NC(C)c2ccccc2)cc1. The first-order valence-electron chi connectivity index (χ1n) is 7.20. The Balaban J connectivity index is 1.96. The number of nitrogens with one attached hydrogen (secondary N) is 1. The van der Waals surface area contributed by atoms with Crippen molar-refractivity contribution in [2.45, 2.75) is 39.2 Å². The van der Waals surface area contributed by atoms with Gasteiger partial charge < -0.3 is 5.32 Å². The molecule has 19 heavy (non-hydrogen) atoms. The molecule has 0 aliphatic heterocycles. The Kier molecular flexibility index (Phi) is 5.02. The molecule has 1 unspecified atom stereocenters. The Morgan fingerprint density at radius 1 is 0.947 bits per heavy atom. The first kappa shape index (κ1) is 13.7. The average Bonchev–Trinajstić information content (AvgIpc) is 2.47. The van der Waals surface area contributed by atoms with Crippen molar-refractivity contribution in [2.24, 2.45) is 0 Å². The van der Waals surface area contributed by atoms with Crippen molar-refractivity contribution in [1.82, 2.24) is 0 Å². The Morgan fingerprint density at radius 3 is 2.26 bits per heavy atom. The van der Waals surface area contributed by atoms with E-state index in [1.165, 1.54) is 36.1 Å². The highest BCUT2D eigenvalue weighted by Crippen LogP contribution is 2.19. The molecule has 1 nitrogen and oxygen atoms in total. The lowest BCUT2D eigenvalue weighted by atomic mass is 10.1. The van der Waals surface area contributed by atoms with Gasteiger partial charge in [-0.2, -0.15) is 0 Å². The predicted molar refractivity (Wildman–Crippen MR) is 83.5 cm³/mol. The van der Waals surface area contributed by atoms with Crippen molar-refractivity contribution >= 4 is 5.69 Å². The van der Waals surface area contributed by atoms with Crippen LogP contribution in [0, 0.1) is 0 Å². The van der Waals surface area contributed by atoms with Crippen LogP contribution in [0.15, 0.2) is 54.6 Å². The number of unbranched alkanes of at least 4 members (excludes halogenated alkanes) is 1. The first-order valence-corrected chi connectivity index (χ1v) is 7.20. The summed E-state index contributed by atoms with van der Waals surface area (Å²) in [4.78, 5) is 0. The summed E-state index contributed by atoms with van der Waals surface area (Å²) in [6, 6.07) is 19.7. The lowest BCUT2D eigenvalue weighted by Crippen LogP contribution is -2.06. The van der Waals surface area contributed by atoms with Crippen LogP contribution in [0.5, 0.6) is 0 Å². The molecule has 0 radical (unpaired) electrons. The second-order valence-electron chi connectivity index (χ2n) is 5.08. The second-order valence-corrected chi connectivity index (χ2v) is 5.08. The summed E-state index contributed by atoms with van der Waals surface area (Å²) in [5, 5.41) is 3.54. The molecule has 0 aliphatic rings. The first-order chi connectivity index (χ1) is 9.29. The number of aryl methyl sites for hydroxylation is 1. The van der Waals surface area contributed by atoms with Gasteiger partial charge in [0.25, 0.3) is 0 Å². The van der Waals surface area contributed by atoms with Crippen molar-refractivity contribution in [3.05, 3.63) is 65.7 Å². The van der Waals surface area contributed by atoms with Gasteiger partial charge in [0.2, 0.25) is 0 Å². The summed E-state index contributed by atoms with van der Waals surface area (Å²) in [7, 11) is 0. The Morgan fingerprint density at radius 2 is 1.63 bits per heavy atom. The average molecular weight is 253 g/mol. The topological polar surface area (TPSA) is 12.0 Å². The highest BCUT2D eigenvalue weighted by atomic mass is 14.9. The van der Waals surface area contributed by atoms with Gasteiger partial charge in [0.05, 0.1) is 0 Å². The minimum Gasteiger partial charge on any atom is -0.379 e. The van der Waals surface area contributed by atoms with Crippen molar-refractivity contribution in [1.29, 1.82) is 0 Å². The quantitative estimate of drug-likeness (QED) is 0.746. The maximum atomic E-state index is 3.54. The van der Waals surface area contributed by atoms with E-state index >= 15 is 0 Å². The molecule has 2 aromatic rings. The fourth-order valence-corrected chi connectivity index (χ4v) is 2.22. The second kappa shape index (κ2) is 6.98. The molecule has 0 heterocycles. The van der Waals surface area contributed by atoms with Crippen LogP contribution in [0.25, 0.3) is 0 Å². The van der Waals surface area contributed by atoms with Gasteiger partial charge in [0.1, 0.15) is 0 Å². The molecule has 0 spiro atoms. The van der Waals surface area contributed by atoms with Gasteiger partial charge in [0.15, 0.2) is 0 Å². The number of anilines is 1. The van der Waals surface area contributed by atoms with E-state index in [1.54, 1.807) is 0 Å². The van der Waals surface area contributed by atoms with Gasteiger partial charge >= 0.3 is 0 Å². The fourth-order valence-electron chi connectivity index (χ4n) is 2.22. The normalized spacial score (nSPS) is 12.1. The van der Waals surface area contributed by atoms with Gasteiger partial charge in [-0.1, -0.05) is 55.8 Å². The van der Waals surface area contributed by atoms with E-state index in [4.69, 9.17) is 0 Å². The van der Waals surface area contributed by atoms with Crippen LogP contribution >= 0.6 is 0 Å². The third-order valence-electron chi connectivity index (χ3n) is 3.46. The molecule has 0 saturated heterocycles. The molecule has 0 aliphatic carbocycles. The highest BCUT2D eigenvalue weighted by molar-refractivity contribution is 5.46. The predicted octanol–water partition coefficient (Wildman–Crippen LogP) is 5.20. The molecule has 1 heteroatoms. The maximum Gasteiger partial charge on any atom is 0.0485 e. The molecule has 2 aromatic carbocycles. The van der Waals surface area contributed by atoms with E-state index in [9.17, 15) is 0 Å². The lowest BCUT2D eigenvalue weighted by Gasteiger charge is -2.16. The van der Waals surface area contributed by atoms with Crippen LogP contribution in [-0.2, 0) is 6.42 Å². The van der Waals surface area contributed by atoms with Crippen molar-refractivity contribution in [2.75, 3.05) is 5.32 Å². The summed E-state index contributed by atoms with van der Waals surface area (Å²) in [6.07, 6.45) is 3.71. The lowest BCUT2D eigenvalue weighted by molar-refractivity contribution is 0.795. The highest BCUT2D eigenvalue weighted by Gasteiger charge is 2.04. The number of rotatable bonds is 6.